The van der Waals surface area contributed by atoms with Crippen molar-refractivity contribution in [3.05, 3.63) is 11.8 Å². The van der Waals surface area contributed by atoms with Crippen LogP contribution in [0.2, 0.25) is 0 Å². The van der Waals surface area contributed by atoms with Crippen molar-refractivity contribution in [3.63, 3.8) is 0 Å². The lowest BCUT2D eigenvalue weighted by Gasteiger charge is -1.99. The predicted molar refractivity (Wildman–Crippen MR) is 49.1 cm³/mol. The Morgan fingerprint density at radius 1 is 1.64 bits per heavy atom. The summed E-state index contributed by atoms with van der Waals surface area (Å²) in [4.78, 5) is 21.7. The molecule has 0 aliphatic carbocycles. The van der Waals surface area contributed by atoms with E-state index in [1.54, 1.807) is 14.0 Å². The molecule has 0 fully saturated rings. The molecular weight excluding hydrogens is 186 g/mol. The molecule has 0 atom stereocenters. The Morgan fingerprint density at radius 3 is 2.79 bits per heavy atom. The van der Waals surface area contributed by atoms with Crippen LogP contribution >= 0.6 is 0 Å². The van der Waals surface area contributed by atoms with Gasteiger partial charge in [0.15, 0.2) is 5.82 Å². The highest BCUT2D eigenvalue weighted by Gasteiger charge is 2.15. The highest BCUT2D eigenvalue weighted by Crippen LogP contribution is 2.12. The van der Waals surface area contributed by atoms with Crippen molar-refractivity contribution in [2.45, 2.75) is 13.3 Å². The summed E-state index contributed by atoms with van der Waals surface area (Å²) in [6.07, 6.45) is 1.63. The van der Waals surface area contributed by atoms with Gasteiger partial charge in [-0.1, -0.05) is 6.92 Å². The smallest absolute Gasteiger partial charge is 0.341 e. The first-order valence-electron chi connectivity index (χ1n) is 4.11. The number of nitrogens with zero attached hydrogens (tertiary/aromatic N) is 2. The third-order valence-corrected chi connectivity index (χ3v) is 1.64. The van der Waals surface area contributed by atoms with Crippen LogP contribution in [0, 0.1) is 0 Å². The van der Waals surface area contributed by atoms with Gasteiger partial charge in [-0.2, -0.15) is 5.10 Å². The molecule has 14 heavy (non-hydrogen) atoms. The molecule has 0 saturated heterocycles. The molecule has 0 aliphatic heterocycles. The minimum absolute atomic E-state index is 0.00528. The number of carboxylic acid groups (broad SMARTS) is 1. The lowest BCUT2D eigenvalue weighted by molar-refractivity contribution is -0.115. The average molecular weight is 197 g/mol. The van der Waals surface area contributed by atoms with Crippen molar-refractivity contribution in [1.82, 2.24) is 9.78 Å². The number of anilines is 1. The third kappa shape index (κ3) is 2.09. The zero-order valence-corrected chi connectivity index (χ0v) is 7.94. The van der Waals surface area contributed by atoms with E-state index in [0.29, 0.717) is 0 Å². The fourth-order valence-corrected chi connectivity index (χ4v) is 0.958. The molecule has 0 spiro atoms. The van der Waals surface area contributed by atoms with Gasteiger partial charge in [-0.15, -0.1) is 0 Å². The van der Waals surface area contributed by atoms with Gasteiger partial charge in [0.05, 0.1) is 0 Å². The number of carbonyl (C=O) groups excluding carboxylic acids is 1. The summed E-state index contributed by atoms with van der Waals surface area (Å²) < 4.78 is 1.34. The first kappa shape index (κ1) is 10.2. The van der Waals surface area contributed by atoms with Gasteiger partial charge in [-0.05, 0) is 0 Å². The van der Waals surface area contributed by atoms with Crippen molar-refractivity contribution in [2.75, 3.05) is 5.32 Å². The Labute approximate surface area is 80.5 Å². The molecule has 1 amide bonds. The quantitative estimate of drug-likeness (QED) is 0.737. The Bertz CT molecular complexity index is 370. The predicted octanol–water partition coefficient (Wildman–Crippen LogP) is 0.467. The number of aromatic carboxylic acids is 1. The topological polar surface area (TPSA) is 84.2 Å². The van der Waals surface area contributed by atoms with E-state index < -0.39 is 5.97 Å². The van der Waals surface area contributed by atoms with Crippen LogP contribution in [0.3, 0.4) is 0 Å². The molecule has 2 N–H and O–H groups in total. The normalized spacial score (nSPS) is 9.86. The lowest BCUT2D eigenvalue weighted by Crippen LogP contribution is -2.12. The van der Waals surface area contributed by atoms with E-state index in [2.05, 4.69) is 10.4 Å². The van der Waals surface area contributed by atoms with Gasteiger partial charge >= 0.3 is 5.97 Å². The number of aromatic nitrogens is 2. The van der Waals surface area contributed by atoms with Crippen molar-refractivity contribution in [3.8, 4) is 0 Å². The van der Waals surface area contributed by atoms with Gasteiger partial charge in [0, 0.05) is 19.7 Å². The first-order valence-corrected chi connectivity index (χ1v) is 4.11. The van der Waals surface area contributed by atoms with Crippen molar-refractivity contribution in [2.24, 2.45) is 7.05 Å². The summed E-state index contributed by atoms with van der Waals surface area (Å²) in [6.45, 7) is 1.68. The Morgan fingerprint density at radius 2 is 2.29 bits per heavy atom. The fraction of sp³-hybridized carbons (Fsp3) is 0.375. The van der Waals surface area contributed by atoms with Crippen LogP contribution in [-0.4, -0.2) is 26.8 Å². The molecule has 1 heterocycles. The molecule has 0 aromatic carbocycles. The Hall–Kier alpha value is -1.85. The number of rotatable bonds is 3. The highest BCUT2D eigenvalue weighted by atomic mass is 16.4. The molecule has 0 saturated carbocycles. The summed E-state index contributed by atoms with van der Waals surface area (Å²) in [5, 5.41) is 15.0. The Balaban J connectivity index is 2.95. The van der Waals surface area contributed by atoms with Crippen LogP contribution in [-0.2, 0) is 11.8 Å². The molecule has 0 unspecified atom stereocenters. The van der Waals surface area contributed by atoms with Gasteiger partial charge in [0.1, 0.15) is 5.56 Å². The molecule has 6 heteroatoms. The van der Waals surface area contributed by atoms with Gasteiger partial charge in [-0.25, -0.2) is 4.79 Å². The maximum Gasteiger partial charge on any atom is 0.341 e. The van der Waals surface area contributed by atoms with Crippen molar-refractivity contribution < 1.29 is 14.7 Å². The summed E-state index contributed by atoms with van der Waals surface area (Å²) >= 11 is 0. The van der Waals surface area contributed by atoms with Crippen molar-refractivity contribution >= 4 is 17.7 Å². The van der Waals surface area contributed by atoms with Gasteiger partial charge in [0.2, 0.25) is 5.91 Å². The second-order valence-electron chi connectivity index (χ2n) is 2.77. The van der Waals surface area contributed by atoms with E-state index in [9.17, 15) is 9.59 Å². The van der Waals surface area contributed by atoms with Gasteiger partial charge in [-0.3, -0.25) is 9.48 Å². The molecule has 0 bridgehead atoms. The summed E-state index contributed by atoms with van der Waals surface area (Å²) in [5.41, 5.74) is -0.00528. The van der Waals surface area contributed by atoms with E-state index in [4.69, 9.17) is 5.11 Å². The van der Waals surface area contributed by atoms with E-state index in [1.165, 1.54) is 10.9 Å². The van der Waals surface area contributed by atoms with E-state index in [0.717, 1.165) is 0 Å². The molecule has 1 aromatic heterocycles. The van der Waals surface area contributed by atoms with Crippen LogP contribution in [0.15, 0.2) is 6.20 Å². The SMILES string of the molecule is CCC(=O)Nc1nn(C)cc1C(=O)O. The van der Waals surface area contributed by atoms with Crippen LogP contribution in [0.5, 0.6) is 0 Å². The minimum Gasteiger partial charge on any atom is -0.477 e. The van der Waals surface area contributed by atoms with Crippen molar-refractivity contribution in [1.29, 1.82) is 0 Å². The lowest BCUT2D eigenvalue weighted by atomic mass is 10.3. The number of nitrogens with one attached hydrogen (secondary N) is 1. The molecule has 1 rings (SSSR count). The maximum atomic E-state index is 11.0. The summed E-state index contributed by atoms with van der Waals surface area (Å²) in [7, 11) is 1.59. The molecular formula is C8H11N3O3. The maximum absolute atomic E-state index is 11.0. The van der Waals surface area contributed by atoms with E-state index in [1.807, 2.05) is 0 Å². The van der Waals surface area contributed by atoms with E-state index >= 15 is 0 Å². The average Bonchev–Trinajstić information content (AvgIpc) is 2.46. The number of amides is 1. The second kappa shape index (κ2) is 3.91. The first-order chi connectivity index (χ1) is 6.54. The molecule has 76 valence electrons. The molecule has 0 radical (unpaired) electrons. The number of carbonyl (C=O) groups is 2. The summed E-state index contributed by atoms with van der Waals surface area (Å²) in [5.74, 6) is -1.28. The number of hydrogen-bond donors (Lipinski definition) is 2. The minimum atomic E-state index is -1.11. The van der Waals surface area contributed by atoms with Crippen LogP contribution < -0.4 is 5.32 Å². The number of carboxylic acids is 1. The molecule has 6 nitrogen and oxygen atoms in total. The monoisotopic (exact) mass is 197 g/mol. The third-order valence-electron chi connectivity index (χ3n) is 1.64. The second-order valence-corrected chi connectivity index (χ2v) is 2.77. The fourth-order valence-electron chi connectivity index (χ4n) is 0.958. The Kier molecular flexibility index (Phi) is 2.85. The van der Waals surface area contributed by atoms with Gasteiger partial charge < -0.3 is 10.4 Å². The van der Waals surface area contributed by atoms with Crippen LogP contribution in [0.4, 0.5) is 5.82 Å². The van der Waals surface area contributed by atoms with Crippen LogP contribution in [0.25, 0.3) is 0 Å². The molecule has 0 aliphatic rings. The number of aryl methyl sites for hydroxylation is 1. The zero-order valence-electron chi connectivity index (χ0n) is 7.94. The molecule has 1 aromatic rings. The van der Waals surface area contributed by atoms with Gasteiger partial charge in [0.25, 0.3) is 0 Å². The van der Waals surface area contributed by atoms with Crippen LogP contribution in [0.1, 0.15) is 23.7 Å². The highest BCUT2D eigenvalue weighted by molar-refractivity contribution is 5.98. The van der Waals surface area contributed by atoms with E-state index in [-0.39, 0.29) is 23.7 Å². The summed E-state index contributed by atoms with van der Waals surface area (Å²) in [6, 6.07) is 0. The standard InChI is InChI=1S/C8H11N3O3/c1-3-6(12)9-7-5(8(13)14)4-11(2)10-7/h4H,3H2,1-2H3,(H,13,14)(H,9,10,12). The largest absolute Gasteiger partial charge is 0.477 e. The number of hydrogen-bond acceptors (Lipinski definition) is 3. The zero-order chi connectivity index (χ0) is 10.7.